The average Bonchev–Trinajstić information content (AvgIpc) is 2.47. The minimum atomic E-state index is 0. The zero-order valence-corrected chi connectivity index (χ0v) is 7.17. The molecule has 1 N–H and O–H groups in total. The molecular weight excluding hydrogens is 160 g/mol. The molecule has 0 saturated heterocycles. The Morgan fingerprint density at radius 3 is 2.77 bits per heavy atom. The van der Waals surface area contributed by atoms with Gasteiger partial charge in [0.1, 0.15) is 5.82 Å². The third kappa shape index (κ3) is 1.89. The van der Waals surface area contributed by atoms with Gasteiger partial charge in [0.05, 0.1) is 11.0 Å². The average molecular weight is 176 g/mol. The first-order valence-electron chi connectivity index (χ1n) is 4.34. The van der Waals surface area contributed by atoms with Gasteiger partial charge in [0.15, 0.2) is 0 Å². The number of aryl methyl sites for hydroxylation is 1. The minimum Gasteiger partial charge on any atom is -0.342 e. The fourth-order valence-electron chi connectivity index (χ4n) is 1.36. The summed E-state index contributed by atoms with van der Waals surface area (Å²) in [6.07, 6.45) is 2.18. The number of H-pyrrole nitrogens is 1. The Kier molecular flexibility index (Phi) is 3.07. The number of nitrogens with zero attached hydrogens (tertiary/aromatic N) is 1. The zero-order chi connectivity index (χ0) is 8.39. The van der Waals surface area contributed by atoms with Gasteiger partial charge >= 0.3 is 0 Å². The van der Waals surface area contributed by atoms with Crippen LogP contribution >= 0.6 is 0 Å². The standard InChI is InChI=1S/C10H12N2.CH4/c1-2-5-10-11-8-6-3-4-7-9(8)12-10;/h3-4,6-7H,2,5H2,1H3,(H,11,12);1H4. The predicted octanol–water partition coefficient (Wildman–Crippen LogP) is 3.15. The van der Waals surface area contributed by atoms with Crippen LogP contribution in [0.4, 0.5) is 0 Å². The molecule has 0 unspecified atom stereocenters. The minimum absolute atomic E-state index is 0. The number of fused-ring (bicyclic) bond motifs is 1. The molecule has 1 aromatic carbocycles. The van der Waals surface area contributed by atoms with Gasteiger partial charge < -0.3 is 4.98 Å². The van der Waals surface area contributed by atoms with E-state index in [1.807, 2.05) is 18.2 Å². The van der Waals surface area contributed by atoms with Crippen LogP contribution in [0.5, 0.6) is 0 Å². The summed E-state index contributed by atoms with van der Waals surface area (Å²) in [5, 5.41) is 0. The highest BCUT2D eigenvalue weighted by Crippen LogP contribution is 2.10. The lowest BCUT2D eigenvalue weighted by molar-refractivity contribution is 0.861. The van der Waals surface area contributed by atoms with E-state index in [0.29, 0.717) is 0 Å². The molecule has 0 aliphatic rings. The highest BCUT2D eigenvalue weighted by molar-refractivity contribution is 5.74. The molecule has 0 amide bonds. The lowest BCUT2D eigenvalue weighted by atomic mass is 10.3. The number of para-hydroxylation sites is 2. The normalized spacial score (nSPS) is 9.92. The van der Waals surface area contributed by atoms with Crippen LogP contribution in [-0.4, -0.2) is 9.97 Å². The lowest BCUT2D eigenvalue weighted by Crippen LogP contribution is -1.83. The molecular formula is C11H16N2. The molecule has 2 heteroatoms. The van der Waals surface area contributed by atoms with E-state index in [1.54, 1.807) is 0 Å². The topological polar surface area (TPSA) is 28.7 Å². The Hall–Kier alpha value is -1.31. The van der Waals surface area contributed by atoms with Crippen molar-refractivity contribution in [3.63, 3.8) is 0 Å². The number of rotatable bonds is 2. The van der Waals surface area contributed by atoms with Gasteiger partial charge in [-0.25, -0.2) is 4.98 Å². The van der Waals surface area contributed by atoms with E-state index in [2.05, 4.69) is 23.0 Å². The Balaban J connectivity index is 0.000000845. The molecule has 70 valence electrons. The third-order valence-corrected chi connectivity index (χ3v) is 1.93. The van der Waals surface area contributed by atoms with E-state index >= 15 is 0 Å². The fraction of sp³-hybridized carbons (Fsp3) is 0.364. The van der Waals surface area contributed by atoms with Crippen molar-refractivity contribution in [1.29, 1.82) is 0 Å². The lowest BCUT2D eigenvalue weighted by Gasteiger charge is -1.86. The molecule has 2 rings (SSSR count). The number of imidazole rings is 1. The van der Waals surface area contributed by atoms with Crippen LogP contribution in [0, 0.1) is 0 Å². The molecule has 0 atom stereocenters. The molecule has 0 aliphatic heterocycles. The summed E-state index contributed by atoms with van der Waals surface area (Å²) in [5.74, 6) is 1.10. The highest BCUT2D eigenvalue weighted by atomic mass is 14.9. The van der Waals surface area contributed by atoms with Crippen LogP contribution < -0.4 is 0 Å². The first kappa shape index (κ1) is 9.78. The van der Waals surface area contributed by atoms with Gasteiger partial charge in [0, 0.05) is 6.42 Å². The van der Waals surface area contributed by atoms with E-state index in [-0.39, 0.29) is 7.43 Å². The van der Waals surface area contributed by atoms with Crippen molar-refractivity contribution < 1.29 is 0 Å². The summed E-state index contributed by atoms with van der Waals surface area (Å²) in [7, 11) is 0. The molecule has 2 aromatic rings. The van der Waals surface area contributed by atoms with Crippen molar-refractivity contribution >= 4 is 11.0 Å². The van der Waals surface area contributed by atoms with Gasteiger partial charge in [-0.05, 0) is 18.6 Å². The van der Waals surface area contributed by atoms with Gasteiger partial charge in [-0.2, -0.15) is 0 Å². The SMILES string of the molecule is C.CCCc1nc2ccccc2[nH]1. The Labute approximate surface area is 79.0 Å². The molecule has 1 heterocycles. The molecule has 0 saturated carbocycles. The smallest absolute Gasteiger partial charge is 0.107 e. The molecule has 0 fully saturated rings. The first-order chi connectivity index (χ1) is 5.90. The maximum Gasteiger partial charge on any atom is 0.107 e. The monoisotopic (exact) mass is 176 g/mol. The Morgan fingerprint density at radius 1 is 1.31 bits per heavy atom. The molecule has 1 aromatic heterocycles. The van der Waals surface area contributed by atoms with Crippen LogP contribution in [0.15, 0.2) is 24.3 Å². The van der Waals surface area contributed by atoms with Crippen LogP contribution in [0.2, 0.25) is 0 Å². The third-order valence-electron chi connectivity index (χ3n) is 1.93. The quantitative estimate of drug-likeness (QED) is 0.748. The molecule has 13 heavy (non-hydrogen) atoms. The van der Waals surface area contributed by atoms with Crippen LogP contribution in [-0.2, 0) is 6.42 Å². The van der Waals surface area contributed by atoms with Crippen molar-refractivity contribution in [3.8, 4) is 0 Å². The number of nitrogens with one attached hydrogen (secondary N) is 1. The maximum absolute atomic E-state index is 4.45. The zero-order valence-electron chi connectivity index (χ0n) is 7.17. The molecule has 2 nitrogen and oxygen atoms in total. The second kappa shape index (κ2) is 4.08. The van der Waals surface area contributed by atoms with Crippen LogP contribution in [0.1, 0.15) is 26.6 Å². The summed E-state index contributed by atoms with van der Waals surface area (Å²) in [4.78, 5) is 7.73. The van der Waals surface area contributed by atoms with Crippen molar-refractivity contribution in [1.82, 2.24) is 9.97 Å². The summed E-state index contributed by atoms with van der Waals surface area (Å²) < 4.78 is 0. The van der Waals surface area contributed by atoms with Crippen molar-refractivity contribution in [2.75, 3.05) is 0 Å². The summed E-state index contributed by atoms with van der Waals surface area (Å²) in [6, 6.07) is 8.13. The fourth-order valence-corrected chi connectivity index (χ4v) is 1.36. The van der Waals surface area contributed by atoms with Gasteiger partial charge in [0.2, 0.25) is 0 Å². The number of benzene rings is 1. The first-order valence-corrected chi connectivity index (χ1v) is 4.34. The second-order valence-electron chi connectivity index (χ2n) is 2.95. The van der Waals surface area contributed by atoms with Gasteiger partial charge in [-0.15, -0.1) is 0 Å². The summed E-state index contributed by atoms with van der Waals surface area (Å²) >= 11 is 0. The molecule has 0 spiro atoms. The van der Waals surface area contributed by atoms with Crippen molar-refractivity contribution in [3.05, 3.63) is 30.1 Å². The number of hydrogen-bond acceptors (Lipinski definition) is 1. The molecule has 0 radical (unpaired) electrons. The Bertz CT molecular complexity index is 343. The van der Waals surface area contributed by atoms with Gasteiger partial charge in [-0.1, -0.05) is 26.5 Å². The summed E-state index contributed by atoms with van der Waals surface area (Å²) in [5.41, 5.74) is 2.21. The van der Waals surface area contributed by atoms with Crippen LogP contribution in [0.25, 0.3) is 11.0 Å². The van der Waals surface area contributed by atoms with Crippen molar-refractivity contribution in [2.24, 2.45) is 0 Å². The summed E-state index contributed by atoms with van der Waals surface area (Å²) in [6.45, 7) is 2.16. The van der Waals surface area contributed by atoms with E-state index < -0.39 is 0 Å². The van der Waals surface area contributed by atoms with E-state index in [1.165, 1.54) is 0 Å². The van der Waals surface area contributed by atoms with Gasteiger partial charge in [0.25, 0.3) is 0 Å². The maximum atomic E-state index is 4.45. The Morgan fingerprint density at radius 2 is 2.08 bits per heavy atom. The van der Waals surface area contributed by atoms with Crippen molar-refractivity contribution in [2.45, 2.75) is 27.2 Å². The molecule has 0 bridgehead atoms. The van der Waals surface area contributed by atoms with E-state index in [9.17, 15) is 0 Å². The second-order valence-corrected chi connectivity index (χ2v) is 2.95. The largest absolute Gasteiger partial charge is 0.342 e. The highest BCUT2D eigenvalue weighted by Gasteiger charge is 1.98. The number of aromatic amines is 1. The van der Waals surface area contributed by atoms with E-state index in [4.69, 9.17) is 0 Å². The van der Waals surface area contributed by atoms with Crippen LogP contribution in [0.3, 0.4) is 0 Å². The van der Waals surface area contributed by atoms with E-state index in [0.717, 1.165) is 29.7 Å². The number of hydrogen-bond donors (Lipinski definition) is 1. The van der Waals surface area contributed by atoms with Gasteiger partial charge in [-0.3, -0.25) is 0 Å². The number of aromatic nitrogens is 2. The predicted molar refractivity (Wildman–Crippen MR) is 56.8 cm³/mol. The molecule has 0 aliphatic carbocycles.